The maximum Gasteiger partial charge on any atom is 0.232 e. The smallest absolute Gasteiger partial charge is 0.232 e. The van der Waals surface area contributed by atoms with Crippen LogP contribution in [-0.4, -0.2) is 15.9 Å². The van der Waals surface area contributed by atoms with Gasteiger partial charge in [-0.15, -0.1) is 0 Å². The average molecular weight is 450 g/mol. The summed E-state index contributed by atoms with van der Waals surface area (Å²) in [5.41, 5.74) is 1.87. The number of nitrogens with zero attached hydrogens (tertiary/aromatic N) is 2. The minimum atomic E-state index is -0.229. The molecule has 0 spiro atoms. The summed E-state index contributed by atoms with van der Waals surface area (Å²) in [6.07, 6.45) is 9.80. The van der Waals surface area contributed by atoms with E-state index in [2.05, 4.69) is 21.4 Å². The fraction of sp³-hybridized carbons (Fsp3) is 0.423. The Kier molecular flexibility index (Phi) is 4.72. The first kappa shape index (κ1) is 20.1. The van der Waals surface area contributed by atoms with Gasteiger partial charge < -0.3 is 5.32 Å². The van der Waals surface area contributed by atoms with Crippen molar-refractivity contribution in [2.75, 3.05) is 5.32 Å². The third kappa shape index (κ3) is 3.38. The molecular weight excluding hydrogens is 425 g/mol. The molecule has 164 valence electrons. The second-order valence-corrected chi connectivity index (χ2v) is 10.3. The first-order valence-corrected chi connectivity index (χ1v) is 11.9. The van der Waals surface area contributed by atoms with Crippen LogP contribution in [0.25, 0.3) is 10.9 Å². The standard InChI is InChI=1S/C26H25ClFN3O/c27-19-1-4-24(30-14-19)31-25(32)26(6-7-26)18-11-15-9-17(10-16(15)12-18)21-5-8-29-23-3-2-20(28)13-22(21)23/h1-5,8,13-18H,6-7,9-12H2,(H,30,31,32)/t15-,16?,17-,18-/m1/s1. The van der Waals surface area contributed by atoms with E-state index in [1.54, 1.807) is 30.5 Å². The van der Waals surface area contributed by atoms with Crippen molar-refractivity contribution in [1.82, 2.24) is 9.97 Å². The largest absolute Gasteiger partial charge is 0.310 e. The van der Waals surface area contributed by atoms with Crippen molar-refractivity contribution in [3.8, 4) is 0 Å². The maximum atomic E-state index is 13.9. The second kappa shape index (κ2) is 7.51. The molecule has 3 aromatic rings. The maximum absolute atomic E-state index is 13.9. The highest BCUT2D eigenvalue weighted by molar-refractivity contribution is 6.30. The topological polar surface area (TPSA) is 54.9 Å². The predicted octanol–water partition coefficient (Wildman–Crippen LogP) is 6.36. The first-order chi connectivity index (χ1) is 15.5. The molecule has 4 nitrogen and oxygen atoms in total. The number of amides is 1. The highest BCUT2D eigenvalue weighted by Gasteiger charge is 2.59. The van der Waals surface area contributed by atoms with Gasteiger partial charge in [-0.2, -0.15) is 0 Å². The molecule has 3 fully saturated rings. The van der Waals surface area contributed by atoms with Crippen molar-refractivity contribution in [2.45, 2.75) is 44.4 Å². The van der Waals surface area contributed by atoms with Crippen molar-refractivity contribution in [3.05, 3.63) is 65.2 Å². The molecule has 2 heterocycles. The molecule has 1 N–H and O–H groups in total. The van der Waals surface area contributed by atoms with Gasteiger partial charge in [-0.25, -0.2) is 9.37 Å². The van der Waals surface area contributed by atoms with E-state index in [0.29, 0.717) is 34.5 Å². The lowest BCUT2D eigenvalue weighted by molar-refractivity contribution is -0.123. The molecule has 32 heavy (non-hydrogen) atoms. The van der Waals surface area contributed by atoms with Gasteiger partial charge in [0, 0.05) is 17.8 Å². The van der Waals surface area contributed by atoms with Crippen LogP contribution in [-0.2, 0) is 4.79 Å². The van der Waals surface area contributed by atoms with Gasteiger partial charge in [-0.05, 0) is 104 Å². The normalized spacial score (nSPS) is 27.9. The fourth-order valence-corrected chi connectivity index (χ4v) is 6.58. The number of aromatic nitrogens is 2. The lowest BCUT2D eigenvalue weighted by Crippen LogP contribution is -2.30. The van der Waals surface area contributed by atoms with Crippen molar-refractivity contribution < 1.29 is 9.18 Å². The molecule has 2 aromatic heterocycles. The van der Waals surface area contributed by atoms with E-state index >= 15 is 0 Å². The Bertz CT molecular complexity index is 1180. The first-order valence-electron chi connectivity index (χ1n) is 11.5. The van der Waals surface area contributed by atoms with Crippen molar-refractivity contribution in [3.63, 3.8) is 0 Å². The van der Waals surface area contributed by atoms with Crippen LogP contribution in [0.15, 0.2) is 48.8 Å². The van der Waals surface area contributed by atoms with Crippen LogP contribution in [0.1, 0.15) is 50.0 Å². The van der Waals surface area contributed by atoms with Crippen LogP contribution in [0.4, 0.5) is 10.2 Å². The van der Waals surface area contributed by atoms with Crippen molar-refractivity contribution in [1.29, 1.82) is 0 Å². The van der Waals surface area contributed by atoms with Gasteiger partial charge in [0.05, 0.1) is 16.0 Å². The third-order valence-electron chi connectivity index (χ3n) is 8.18. The molecule has 1 unspecified atom stereocenters. The van der Waals surface area contributed by atoms with Gasteiger partial charge in [-0.1, -0.05) is 11.6 Å². The van der Waals surface area contributed by atoms with E-state index < -0.39 is 0 Å². The Labute approximate surface area is 191 Å². The summed E-state index contributed by atoms with van der Waals surface area (Å²) in [5, 5.41) is 4.53. The zero-order chi connectivity index (χ0) is 21.9. The fourth-order valence-electron chi connectivity index (χ4n) is 6.46. The number of hydrogen-bond acceptors (Lipinski definition) is 3. The number of rotatable bonds is 4. The summed E-state index contributed by atoms with van der Waals surface area (Å²) in [6.45, 7) is 0. The highest BCUT2D eigenvalue weighted by Crippen LogP contribution is 2.63. The van der Waals surface area contributed by atoms with Gasteiger partial charge in [0.2, 0.25) is 5.91 Å². The number of hydrogen-bond donors (Lipinski definition) is 1. The van der Waals surface area contributed by atoms with Gasteiger partial charge in [0.1, 0.15) is 11.6 Å². The summed E-state index contributed by atoms with van der Waals surface area (Å²) in [6, 6.07) is 10.4. The molecule has 1 aromatic carbocycles. The van der Waals surface area contributed by atoms with Gasteiger partial charge in [0.25, 0.3) is 0 Å². The molecule has 0 saturated heterocycles. The molecule has 3 aliphatic rings. The van der Waals surface area contributed by atoms with Gasteiger partial charge in [0.15, 0.2) is 0 Å². The van der Waals surface area contributed by atoms with Crippen molar-refractivity contribution in [2.24, 2.45) is 23.2 Å². The minimum absolute atomic E-state index is 0.115. The SMILES string of the molecule is O=C(Nc1ccc(Cl)cn1)C1([C@H]2CC3C[C@H](c4ccnc5ccc(F)cc45)C[C@@H]3C2)CC1. The Hall–Kier alpha value is -2.53. The molecule has 1 amide bonds. The van der Waals surface area contributed by atoms with E-state index in [9.17, 15) is 9.18 Å². The Morgan fingerprint density at radius 3 is 2.50 bits per heavy atom. The molecule has 3 saturated carbocycles. The van der Waals surface area contributed by atoms with Gasteiger partial charge >= 0.3 is 0 Å². The lowest BCUT2D eigenvalue weighted by atomic mass is 9.83. The lowest BCUT2D eigenvalue weighted by Gasteiger charge is -2.24. The number of carbonyl (C=O) groups excluding carboxylic acids is 1. The number of nitrogens with one attached hydrogen (secondary N) is 1. The van der Waals surface area contributed by atoms with Crippen LogP contribution in [0.5, 0.6) is 0 Å². The number of carbonyl (C=O) groups is 1. The zero-order valence-electron chi connectivity index (χ0n) is 17.7. The molecule has 6 heteroatoms. The Morgan fingerprint density at radius 2 is 1.81 bits per heavy atom. The summed E-state index contributed by atoms with van der Waals surface area (Å²) in [5.74, 6) is 2.64. The van der Waals surface area contributed by atoms with Crippen LogP contribution >= 0.6 is 11.6 Å². The zero-order valence-corrected chi connectivity index (χ0v) is 18.5. The average Bonchev–Trinajstić information content (AvgIpc) is 3.36. The van der Waals surface area contributed by atoms with Crippen molar-refractivity contribution >= 4 is 34.2 Å². The number of benzene rings is 1. The van der Waals surface area contributed by atoms with Crippen LogP contribution < -0.4 is 5.32 Å². The third-order valence-corrected chi connectivity index (χ3v) is 8.41. The number of pyridine rings is 2. The van der Waals surface area contributed by atoms with E-state index in [0.717, 1.165) is 49.4 Å². The van der Waals surface area contributed by atoms with Gasteiger partial charge in [-0.3, -0.25) is 9.78 Å². The van der Waals surface area contributed by atoms with Crippen LogP contribution in [0.2, 0.25) is 5.02 Å². The highest BCUT2D eigenvalue weighted by atomic mass is 35.5. The molecule has 0 aliphatic heterocycles. The molecular formula is C26H25ClFN3O. The number of fused-ring (bicyclic) bond motifs is 2. The Morgan fingerprint density at radius 1 is 1.03 bits per heavy atom. The molecule has 0 bridgehead atoms. The van der Waals surface area contributed by atoms with E-state index in [1.165, 1.54) is 11.6 Å². The van der Waals surface area contributed by atoms with E-state index in [4.69, 9.17) is 11.6 Å². The van der Waals surface area contributed by atoms with E-state index in [1.807, 2.05) is 6.20 Å². The monoisotopic (exact) mass is 449 g/mol. The molecule has 4 atom stereocenters. The summed E-state index contributed by atoms with van der Waals surface area (Å²) >= 11 is 5.91. The second-order valence-electron chi connectivity index (χ2n) is 9.89. The quantitative estimate of drug-likeness (QED) is 0.504. The summed E-state index contributed by atoms with van der Waals surface area (Å²) in [4.78, 5) is 21.8. The Balaban J connectivity index is 1.16. The minimum Gasteiger partial charge on any atom is -0.310 e. The number of halogens is 2. The summed E-state index contributed by atoms with van der Waals surface area (Å²) < 4.78 is 13.9. The number of anilines is 1. The predicted molar refractivity (Wildman–Crippen MR) is 123 cm³/mol. The molecule has 3 aliphatic carbocycles. The van der Waals surface area contributed by atoms with E-state index in [-0.39, 0.29) is 17.1 Å². The van der Waals surface area contributed by atoms with Crippen LogP contribution in [0.3, 0.4) is 0 Å². The molecule has 6 rings (SSSR count). The summed E-state index contributed by atoms with van der Waals surface area (Å²) in [7, 11) is 0. The molecule has 0 radical (unpaired) electrons. The van der Waals surface area contributed by atoms with Crippen LogP contribution in [0, 0.1) is 29.0 Å².